The zero-order chi connectivity index (χ0) is 9.97. The van der Waals surface area contributed by atoms with Crippen LogP contribution in [-0.2, 0) is 4.74 Å². The molecule has 1 aliphatic heterocycles. The number of ether oxygens (including phenoxy) is 1. The molecule has 82 valence electrons. The lowest BCUT2D eigenvalue weighted by atomic mass is 9.85. The number of nitrogens with zero attached hydrogens (tertiary/aromatic N) is 1. The van der Waals surface area contributed by atoms with Crippen LogP contribution < -0.4 is 0 Å². The molecular weight excluding hydrogens is 242 g/mol. The van der Waals surface area contributed by atoms with Crippen LogP contribution in [0.25, 0.3) is 0 Å². The maximum absolute atomic E-state index is 5.81. The first-order valence-electron chi connectivity index (χ1n) is 5.71. The summed E-state index contributed by atoms with van der Waals surface area (Å²) in [6, 6.07) is 0. The summed E-state index contributed by atoms with van der Waals surface area (Å²) >= 11 is 3.51. The van der Waals surface area contributed by atoms with Gasteiger partial charge in [0.05, 0.1) is 12.2 Å². The van der Waals surface area contributed by atoms with Crippen LogP contribution in [0.3, 0.4) is 0 Å². The average molecular weight is 262 g/mol. The van der Waals surface area contributed by atoms with Crippen LogP contribution in [0, 0.1) is 5.92 Å². The van der Waals surface area contributed by atoms with Crippen molar-refractivity contribution >= 4 is 15.9 Å². The lowest BCUT2D eigenvalue weighted by Gasteiger charge is -2.39. The van der Waals surface area contributed by atoms with Crippen molar-refractivity contribution in [2.75, 3.05) is 25.0 Å². The van der Waals surface area contributed by atoms with Gasteiger partial charge in [0.25, 0.3) is 0 Å². The van der Waals surface area contributed by atoms with Crippen molar-refractivity contribution in [3.8, 4) is 0 Å². The van der Waals surface area contributed by atoms with E-state index < -0.39 is 0 Å². The van der Waals surface area contributed by atoms with Gasteiger partial charge in [0.2, 0.25) is 0 Å². The largest absolute Gasteiger partial charge is 0.372 e. The maximum atomic E-state index is 5.81. The highest BCUT2D eigenvalue weighted by atomic mass is 79.9. The number of alkyl halides is 1. The Morgan fingerprint density at radius 1 is 1.36 bits per heavy atom. The van der Waals surface area contributed by atoms with Crippen molar-refractivity contribution in [2.24, 2.45) is 5.92 Å². The number of rotatable bonds is 3. The molecule has 1 aliphatic carbocycles. The van der Waals surface area contributed by atoms with Crippen LogP contribution in [-0.4, -0.2) is 42.1 Å². The van der Waals surface area contributed by atoms with Gasteiger partial charge in [-0.05, 0) is 25.7 Å². The standard InChI is InChI=1S/C11H20BrNO/c1-9-6-13(7-10-3-2-4-10)8-11(5-12)14-9/h9-11H,2-8H2,1H3. The normalized spacial score (nSPS) is 35.6. The van der Waals surface area contributed by atoms with Crippen LogP contribution in [0.2, 0.25) is 0 Å². The van der Waals surface area contributed by atoms with Gasteiger partial charge in [-0.15, -0.1) is 0 Å². The maximum Gasteiger partial charge on any atom is 0.0802 e. The molecule has 1 heterocycles. The molecule has 0 radical (unpaired) electrons. The zero-order valence-corrected chi connectivity index (χ0v) is 10.5. The van der Waals surface area contributed by atoms with Crippen molar-refractivity contribution in [1.29, 1.82) is 0 Å². The van der Waals surface area contributed by atoms with Crippen molar-refractivity contribution < 1.29 is 4.74 Å². The molecule has 0 N–H and O–H groups in total. The molecule has 0 bridgehead atoms. The monoisotopic (exact) mass is 261 g/mol. The van der Waals surface area contributed by atoms with Gasteiger partial charge < -0.3 is 4.74 Å². The van der Waals surface area contributed by atoms with Gasteiger partial charge in [0, 0.05) is 25.0 Å². The first kappa shape index (κ1) is 10.9. The van der Waals surface area contributed by atoms with E-state index in [2.05, 4.69) is 27.8 Å². The minimum atomic E-state index is 0.402. The summed E-state index contributed by atoms with van der Waals surface area (Å²) in [5, 5.41) is 0.971. The molecule has 1 saturated carbocycles. The fraction of sp³-hybridized carbons (Fsp3) is 1.00. The predicted octanol–water partition coefficient (Wildman–Crippen LogP) is 2.27. The van der Waals surface area contributed by atoms with E-state index in [4.69, 9.17) is 4.74 Å². The molecule has 0 aromatic rings. The smallest absolute Gasteiger partial charge is 0.0802 e. The van der Waals surface area contributed by atoms with E-state index in [9.17, 15) is 0 Å². The molecule has 2 fully saturated rings. The molecule has 0 amide bonds. The van der Waals surface area contributed by atoms with Gasteiger partial charge >= 0.3 is 0 Å². The van der Waals surface area contributed by atoms with Gasteiger partial charge in [0.1, 0.15) is 0 Å². The summed E-state index contributed by atoms with van der Waals surface area (Å²) in [5.41, 5.74) is 0. The first-order valence-corrected chi connectivity index (χ1v) is 6.84. The molecular formula is C11H20BrNO. The van der Waals surface area contributed by atoms with Crippen LogP contribution in [0.1, 0.15) is 26.2 Å². The Bertz CT molecular complexity index is 182. The van der Waals surface area contributed by atoms with E-state index in [1.165, 1.54) is 25.8 Å². The van der Waals surface area contributed by atoms with Crippen LogP contribution in [0.4, 0.5) is 0 Å². The lowest BCUT2D eigenvalue weighted by Crippen LogP contribution is -2.49. The third kappa shape index (κ3) is 2.71. The highest BCUT2D eigenvalue weighted by Gasteiger charge is 2.27. The Morgan fingerprint density at radius 3 is 2.71 bits per heavy atom. The predicted molar refractivity (Wildman–Crippen MR) is 61.9 cm³/mol. The summed E-state index contributed by atoms with van der Waals surface area (Å²) in [7, 11) is 0. The van der Waals surface area contributed by atoms with Gasteiger partial charge in [-0.2, -0.15) is 0 Å². The van der Waals surface area contributed by atoms with E-state index in [-0.39, 0.29) is 0 Å². The zero-order valence-electron chi connectivity index (χ0n) is 8.92. The quantitative estimate of drug-likeness (QED) is 0.723. The Kier molecular flexibility index (Phi) is 3.86. The van der Waals surface area contributed by atoms with Gasteiger partial charge in [0.15, 0.2) is 0 Å². The number of hydrogen-bond donors (Lipinski definition) is 0. The molecule has 0 aromatic carbocycles. The molecule has 0 spiro atoms. The van der Waals surface area contributed by atoms with Gasteiger partial charge in [-0.3, -0.25) is 4.90 Å². The Hall–Kier alpha value is 0.400. The Labute approximate surface area is 95.1 Å². The van der Waals surface area contributed by atoms with Crippen LogP contribution in [0.5, 0.6) is 0 Å². The van der Waals surface area contributed by atoms with Gasteiger partial charge in [-0.25, -0.2) is 0 Å². The third-order valence-corrected chi connectivity index (χ3v) is 4.04. The van der Waals surface area contributed by atoms with E-state index >= 15 is 0 Å². The highest BCUT2D eigenvalue weighted by Crippen LogP contribution is 2.28. The second-order valence-corrected chi connectivity index (χ2v) is 5.39. The topological polar surface area (TPSA) is 12.5 Å². The fourth-order valence-electron chi connectivity index (χ4n) is 2.42. The summed E-state index contributed by atoms with van der Waals surface area (Å²) in [6.45, 7) is 5.73. The third-order valence-electron chi connectivity index (χ3n) is 3.32. The lowest BCUT2D eigenvalue weighted by molar-refractivity contribution is -0.0713. The molecule has 3 heteroatoms. The van der Waals surface area contributed by atoms with E-state index in [0.29, 0.717) is 12.2 Å². The summed E-state index contributed by atoms with van der Waals surface area (Å²) in [5.74, 6) is 0.983. The molecule has 2 nitrogen and oxygen atoms in total. The van der Waals surface area contributed by atoms with Crippen LogP contribution >= 0.6 is 15.9 Å². The second kappa shape index (κ2) is 4.95. The van der Waals surface area contributed by atoms with E-state index in [1.807, 2.05) is 0 Å². The SMILES string of the molecule is CC1CN(CC2CCC2)CC(CBr)O1. The Balaban J connectivity index is 1.78. The number of hydrogen-bond acceptors (Lipinski definition) is 2. The average Bonchev–Trinajstić information content (AvgIpc) is 2.10. The summed E-state index contributed by atoms with van der Waals surface area (Å²) in [6.07, 6.45) is 5.16. The molecule has 1 saturated heterocycles. The van der Waals surface area contributed by atoms with Crippen molar-refractivity contribution in [2.45, 2.75) is 38.4 Å². The Morgan fingerprint density at radius 2 is 2.14 bits per heavy atom. The van der Waals surface area contributed by atoms with E-state index in [1.54, 1.807) is 0 Å². The molecule has 14 heavy (non-hydrogen) atoms. The molecule has 2 rings (SSSR count). The first-order chi connectivity index (χ1) is 6.78. The van der Waals surface area contributed by atoms with Crippen molar-refractivity contribution in [3.63, 3.8) is 0 Å². The fourth-order valence-corrected chi connectivity index (χ4v) is 2.77. The highest BCUT2D eigenvalue weighted by molar-refractivity contribution is 9.09. The van der Waals surface area contributed by atoms with Crippen molar-refractivity contribution in [1.82, 2.24) is 4.90 Å². The van der Waals surface area contributed by atoms with Gasteiger partial charge in [-0.1, -0.05) is 22.4 Å². The summed E-state index contributed by atoms with van der Waals surface area (Å²) < 4.78 is 5.81. The minimum Gasteiger partial charge on any atom is -0.372 e. The van der Waals surface area contributed by atoms with E-state index in [0.717, 1.165) is 24.3 Å². The summed E-state index contributed by atoms with van der Waals surface area (Å²) in [4.78, 5) is 2.59. The minimum absolute atomic E-state index is 0.402. The molecule has 0 aromatic heterocycles. The number of morpholine rings is 1. The molecule has 2 aliphatic rings. The molecule has 2 atom stereocenters. The van der Waals surface area contributed by atoms with Crippen molar-refractivity contribution in [3.05, 3.63) is 0 Å². The second-order valence-electron chi connectivity index (χ2n) is 4.74. The molecule has 2 unspecified atom stereocenters. The number of halogens is 1. The van der Waals surface area contributed by atoms with Crippen LogP contribution in [0.15, 0.2) is 0 Å².